The fourth-order valence-corrected chi connectivity index (χ4v) is 2.92. The fraction of sp³-hybridized carbons (Fsp3) is 0.389. The highest BCUT2D eigenvalue weighted by molar-refractivity contribution is 5.25. The maximum absolute atomic E-state index is 11.9. The van der Waals surface area contributed by atoms with Crippen molar-refractivity contribution in [3.05, 3.63) is 68.0 Å². The van der Waals surface area contributed by atoms with Crippen molar-refractivity contribution in [3.8, 4) is 6.07 Å². The molecule has 1 aromatic heterocycles. The smallest absolute Gasteiger partial charge is 0.304 e. The summed E-state index contributed by atoms with van der Waals surface area (Å²) in [5.74, 6) is 0. The summed E-state index contributed by atoms with van der Waals surface area (Å²) < 4.78 is 1.34. The van der Waals surface area contributed by atoms with E-state index in [-0.39, 0.29) is 5.56 Å². The molecule has 1 aliphatic rings. The fourth-order valence-electron chi connectivity index (χ4n) is 2.92. The summed E-state index contributed by atoms with van der Waals surface area (Å²) >= 11 is 0. The monoisotopic (exact) mass is 339 g/mol. The van der Waals surface area contributed by atoms with Crippen LogP contribution in [0.5, 0.6) is 0 Å². The molecule has 25 heavy (non-hydrogen) atoms. The summed E-state index contributed by atoms with van der Waals surface area (Å²) in [4.78, 5) is 30.2. The molecule has 7 heteroatoms. The maximum atomic E-state index is 11.9. The van der Waals surface area contributed by atoms with E-state index in [1.54, 1.807) is 6.07 Å². The molecule has 1 saturated heterocycles. The molecule has 0 saturated carbocycles. The van der Waals surface area contributed by atoms with Crippen LogP contribution in [0.15, 0.2) is 40.1 Å². The van der Waals surface area contributed by atoms with Crippen LogP contribution in [0.2, 0.25) is 0 Å². The number of aromatic amines is 1. The number of piperazine rings is 1. The number of hydrogen-bond donors (Lipinski definition) is 1. The topological polar surface area (TPSA) is 85.1 Å². The second kappa shape index (κ2) is 7.47. The summed E-state index contributed by atoms with van der Waals surface area (Å²) in [6.45, 7) is 5.57. The van der Waals surface area contributed by atoms with Gasteiger partial charge in [0.25, 0.3) is 5.56 Å². The van der Waals surface area contributed by atoms with Crippen LogP contribution < -0.4 is 11.2 Å². The Hall–Kier alpha value is -2.69. The van der Waals surface area contributed by atoms with Crippen molar-refractivity contribution in [2.75, 3.05) is 33.2 Å². The molecule has 0 unspecified atom stereocenters. The van der Waals surface area contributed by atoms with Crippen LogP contribution in [-0.2, 0) is 13.1 Å². The number of likely N-dealkylation sites (N-methyl/N-ethyl adjacent to an activating group) is 1. The number of hydrogen-bond acceptors (Lipinski definition) is 5. The first-order chi connectivity index (χ1) is 12.0. The molecule has 0 spiro atoms. The van der Waals surface area contributed by atoms with Crippen LogP contribution in [0.4, 0.5) is 0 Å². The Morgan fingerprint density at radius 1 is 1.04 bits per heavy atom. The van der Waals surface area contributed by atoms with E-state index in [0.717, 1.165) is 38.3 Å². The number of nitriles is 1. The van der Waals surface area contributed by atoms with Gasteiger partial charge >= 0.3 is 5.69 Å². The molecule has 0 radical (unpaired) electrons. The number of H-pyrrole nitrogens is 1. The average molecular weight is 339 g/mol. The molecule has 0 aliphatic carbocycles. The van der Waals surface area contributed by atoms with E-state index < -0.39 is 11.2 Å². The van der Waals surface area contributed by atoms with Gasteiger partial charge in [0.15, 0.2) is 0 Å². The molecule has 0 atom stereocenters. The van der Waals surface area contributed by atoms with Gasteiger partial charge < -0.3 is 4.90 Å². The lowest BCUT2D eigenvalue weighted by molar-refractivity contribution is 0.148. The molecule has 7 nitrogen and oxygen atoms in total. The zero-order chi connectivity index (χ0) is 17.8. The van der Waals surface area contributed by atoms with Crippen molar-refractivity contribution in [2.45, 2.75) is 13.1 Å². The van der Waals surface area contributed by atoms with E-state index in [9.17, 15) is 9.59 Å². The predicted octanol–water partition coefficient (Wildman–Crippen LogP) is 0.204. The molecular formula is C18H21N5O2. The van der Waals surface area contributed by atoms with Crippen LogP contribution in [0, 0.1) is 11.3 Å². The molecule has 1 aromatic carbocycles. The predicted molar refractivity (Wildman–Crippen MR) is 94.4 cm³/mol. The van der Waals surface area contributed by atoms with Gasteiger partial charge in [-0.3, -0.25) is 19.2 Å². The first-order valence-corrected chi connectivity index (χ1v) is 8.28. The Balaban J connectivity index is 1.68. The van der Waals surface area contributed by atoms with Crippen molar-refractivity contribution in [3.63, 3.8) is 0 Å². The van der Waals surface area contributed by atoms with Gasteiger partial charge in [0.05, 0.1) is 6.54 Å². The molecule has 1 N–H and O–H groups in total. The molecule has 1 fully saturated rings. The highest BCUT2D eigenvalue weighted by Gasteiger charge is 2.13. The van der Waals surface area contributed by atoms with Gasteiger partial charge in [0.1, 0.15) is 11.6 Å². The Morgan fingerprint density at radius 3 is 2.24 bits per heavy atom. The summed E-state index contributed by atoms with van der Waals surface area (Å²) in [6.07, 6.45) is 1.30. The molecule has 2 aromatic rings. The number of rotatable bonds is 4. The Kier molecular flexibility index (Phi) is 5.12. The van der Waals surface area contributed by atoms with Gasteiger partial charge in [0, 0.05) is 38.9 Å². The standard InChI is InChI=1S/C18H21N5O2/c1-21-6-8-22(9-7-21)11-14-2-4-15(5-3-14)12-23-13-16(10-19)17(24)20-18(23)25/h2-5,13H,6-9,11-12H2,1H3,(H,20,24,25). The SMILES string of the molecule is CN1CCN(Cc2ccc(Cn3cc(C#N)c(=O)[nH]c3=O)cc2)CC1. The largest absolute Gasteiger partial charge is 0.328 e. The molecule has 1 aliphatic heterocycles. The van der Waals surface area contributed by atoms with Gasteiger partial charge in [-0.25, -0.2) is 4.79 Å². The van der Waals surface area contributed by atoms with Gasteiger partial charge in [-0.1, -0.05) is 24.3 Å². The first-order valence-electron chi connectivity index (χ1n) is 8.28. The Morgan fingerprint density at radius 2 is 1.64 bits per heavy atom. The van der Waals surface area contributed by atoms with Crippen LogP contribution in [0.1, 0.15) is 16.7 Å². The molecular weight excluding hydrogens is 318 g/mol. The summed E-state index contributed by atoms with van der Waals surface area (Å²) in [5.41, 5.74) is 0.961. The third-order valence-electron chi connectivity index (χ3n) is 4.51. The van der Waals surface area contributed by atoms with E-state index in [1.807, 2.05) is 12.1 Å². The Labute approximate surface area is 145 Å². The van der Waals surface area contributed by atoms with Crippen LogP contribution in [0.25, 0.3) is 0 Å². The highest BCUT2D eigenvalue weighted by atomic mass is 16.2. The minimum absolute atomic E-state index is 0.0636. The quantitative estimate of drug-likeness (QED) is 0.860. The molecule has 0 amide bonds. The lowest BCUT2D eigenvalue weighted by Crippen LogP contribution is -2.43. The van der Waals surface area contributed by atoms with Crippen LogP contribution in [0.3, 0.4) is 0 Å². The lowest BCUT2D eigenvalue weighted by Gasteiger charge is -2.32. The normalized spacial score (nSPS) is 15.8. The van der Waals surface area contributed by atoms with Gasteiger partial charge in [0.2, 0.25) is 0 Å². The van der Waals surface area contributed by atoms with Crippen molar-refractivity contribution < 1.29 is 0 Å². The molecule has 130 valence electrons. The summed E-state index contributed by atoms with van der Waals surface area (Å²) in [6, 6.07) is 9.89. The minimum atomic E-state index is -0.647. The zero-order valence-corrected chi connectivity index (χ0v) is 14.2. The molecule has 2 heterocycles. The van der Waals surface area contributed by atoms with Crippen LogP contribution >= 0.6 is 0 Å². The van der Waals surface area contributed by atoms with E-state index >= 15 is 0 Å². The first kappa shape index (κ1) is 17.1. The number of aromatic nitrogens is 2. The van der Waals surface area contributed by atoms with Crippen molar-refractivity contribution >= 4 is 0 Å². The van der Waals surface area contributed by atoms with E-state index in [1.165, 1.54) is 16.3 Å². The van der Waals surface area contributed by atoms with E-state index in [2.05, 4.69) is 34.0 Å². The van der Waals surface area contributed by atoms with E-state index in [4.69, 9.17) is 5.26 Å². The van der Waals surface area contributed by atoms with Gasteiger partial charge in [-0.2, -0.15) is 5.26 Å². The lowest BCUT2D eigenvalue weighted by atomic mass is 10.1. The molecule has 0 bridgehead atoms. The van der Waals surface area contributed by atoms with Crippen molar-refractivity contribution in [2.24, 2.45) is 0 Å². The Bertz CT molecular complexity index is 883. The zero-order valence-electron chi connectivity index (χ0n) is 14.2. The van der Waals surface area contributed by atoms with Gasteiger partial charge in [-0.15, -0.1) is 0 Å². The van der Waals surface area contributed by atoms with Crippen molar-refractivity contribution in [1.82, 2.24) is 19.4 Å². The van der Waals surface area contributed by atoms with Gasteiger partial charge in [-0.05, 0) is 18.2 Å². The third kappa shape index (κ3) is 4.24. The molecule has 3 rings (SSSR count). The summed E-state index contributed by atoms with van der Waals surface area (Å²) in [7, 11) is 2.14. The van der Waals surface area contributed by atoms with Crippen molar-refractivity contribution in [1.29, 1.82) is 5.26 Å². The number of nitrogens with zero attached hydrogens (tertiary/aromatic N) is 4. The maximum Gasteiger partial charge on any atom is 0.328 e. The second-order valence-corrected chi connectivity index (χ2v) is 6.44. The number of nitrogens with one attached hydrogen (secondary N) is 1. The summed E-state index contributed by atoms with van der Waals surface area (Å²) in [5, 5.41) is 8.92. The third-order valence-corrected chi connectivity index (χ3v) is 4.51. The van der Waals surface area contributed by atoms with E-state index in [0.29, 0.717) is 6.54 Å². The highest BCUT2D eigenvalue weighted by Crippen LogP contribution is 2.10. The number of benzene rings is 1. The minimum Gasteiger partial charge on any atom is -0.304 e. The second-order valence-electron chi connectivity index (χ2n) is 6.44. The average Bonchev–Trinajstić information content (AvgIpc) is 2.61. The van der Waals surface area contributed by atoms with Crippen LogP contribution in [-0.4, -0.2) is 52.6 Å².